The minimum absolute atomic E-state index is 0.0355. The van der Waals surface area contributed by atoms with Crippen molar-refractivity contribution in [3.8, 4) is 0 Å². The van der Waals surface area contributed by atoms with Crippen molar-refractivity contribution in [1.82, 2.24) is 5.32 Å². The molecule has 0 bridgehead atoms. The number of nitrogen functional groups attached to an aromatic ring is 1. The molecule has 3 atom stereocenters. The monoisotopic (exact) mass is 409 g/mol. The lowest BCUT2D eigenvalue weighted by Gasteiger charge is -2.46. The molecule has 1 aromatic rings. The third-order valence-electron chi connectivity index (χ3n) is 5.17. The number of benzene rings is 1. The number of nitrogens with zero attached hydrogens (tertiary/aromatic N) is 1. The molecular weight excluding hydrogens is 381 g/mol. The molecule has 1 aromatic carbocycles. The number of aliphatic imine (C=N–C) groups is 1. The Kier molecular flexibility index (Phi) is 5.91. The van der Waals surface area contributed by atoms with E-state index in [1.54, 1.807) is 40.0 Å². The van der Waals surface area contributed by atoms with Crippen molar-refractivity contribution in [2.75, 3.05) is 18.6 Å². The number of hydrogen-bond donors (Lipinski definition) is 2. The molecule has 8 heteroatoms. The van der Waals surface area contributed by atoms with Gasteiger partial charge in [0.05, 0.1) is 11.6 Å². The number of alkyl carbamates (subject to hydrolysis) is 1. The quantitative estimate of drug-likeness (QED) is 0.720. The summed E-state index contributed by atoms with van der Waals surface area (Å²) in [5, 5.41) is 3.16. The van der Waals surface area contributed by atoms with Gasteiger partial charge in [0.25, 0.3) is 0 Å². The number of amidine groups is 1. The first-order chi connectivity index (χ1) is 13.1. The van der Waals surface area contributed by atoms with Crippen LogP contribution in [0, 0.1) is 11.7 Å². The number of carbonyl (C=O) groups is 1. The van der Waals surface area contributed by atoms with Crippen LogP contribution in [0.4, 0.5) is 14.9 Å². The molecule has 0 aromatic heterocycles. The van der Waals surface area contributed by atoms with Crippen LogP contribution in [-0.4, -0.2) is 35.8 Å². The highest BCUT2D eigenvalue weighted by Crippen LogP contribution is 2.50. The molecule has 1 aliphatic heterocycles. The molecule has 1 saturated carbocycles. The van der Waals surface area contributed by atoms with Crippen molar-refractivity contribution in [2.24, 2.45) is 10.9 Å². The topological polar surface area (TPSA) is 85.9 Å². The maximum Gasteiger partial charge on any atom is 0.413 e. The number of hydrogen-bond acceptors (Lipinski definition) is 6. The van der Waals surface area contributed by atoms with Crippen molar-refractivity contribution in [3.05, 3.63) is 29.6 Å². The van der Waals surface area contributed by atoms with Crippen LogP contribution in [0.25, 0.3) is 0 Å². The Labute approximate surface area is 169 Å². The van der Waals surface area contributed by atoms with Gasteiger partial charge in [-0.05, 0) is 57.7 Å². The van der Waals surface area contributed by atoms with E-state index in [4.69, 9.17) is 20.2 Å². The van der Waals surface area contributed by atoms with Crippen LogP contribution >= 0.6 is 11.8 Å². The third-order valence-corrected chi connectivity index (χ3v) is 6.21. The van der Waals surface area contributed by atoms with Gasteiger partial charge >= 0.3 is 6.09 Å². The second-order valence-electron chi connectivity index (χ2n) is 8.35. The average Bonchev–Trinajstić information content (AvgIpc) is 2.61. The zero-order valence-corrected chi connectivity index (χ0v) is 17.6. The van der Waals surface area contributed by atoms with Crippen LogP contribution in [0.3, 0.4) is 0 Å². The molecule has 0 saturated heterocycles. The van der Waals surface area contributed by atoms with Gasteiger partial charge in [-0.1, -0.05) is 11.8 Å². The van der Waals surface area contributed by atoms with Gasteiger partial charge in [0.1, 0.15) is 11.4 Å². The van der Waals surface area contributed by atoms with E-state index in [-0.39, 0.29) is 17.8 Å². The van der Waals surface area contributed by atoms with Crippen LogP contribution in [0.2, 0.25) is 0 Å². The van der Waals surface area contributed by atoms with Gasteiger partial charge in [0, 0.05) is 30.5 Å². The van der Waals surface area contributed by atoms with Crippen LogP contribution < -0.4 is 11.1 Å². The number of amides is 1. The van der Waals surface area contributed by atoms with Crippen molar-refractivity contribution < 1.29 is 18.7 Å². The maximum atomic E-state index is 14.9. The lowest BCUT2D eigenvalue weighted by Crippen LogP contribution is -2.48. The molecule has 1 amide bonds. The first-order valence-corrected chi connectivity index (χ1v) is 10.4. The average molecular weight is 410 g/mol. The molecule has 2 aliphatic rings. The van der Waals surface area contributed by atoms with Gasteiger partial charge in [-0.15, -0.1) is 0 Å². The summed E-state index contributed by atoms with van der Waals surface area (Å²) in [5.41, 5.74) is 5.47. The molecular formula is C20H28FN3O3S. The molecule has 1 aliphatic carbocycles. The van der Waals surface area contributed by atoms with Gasteiger partial charge in [-0.2, -0.15) is 0 Å². The van der Waals surface area contributed by atoms with Gasteiger partial charge < -0.3 is 15.2 Å². The highest BCUT2D eigenvalue weighted by Gasteiger charge is 2.49. The summed E-state index contributed by atoms with van der Waals surface area (Å²) in [5.74, 6) is 0.506. The summed E-state index contributed by atoms with van der Waals surface area (Å²) in [7, 11) is 1.66. The van der Waals surface area contributed by atoms with E-state index in [1.165, 1.54) is 17.8 Å². The van der Waals surface area contributed by atoms with Crippen LogP contribution in [0.15, 0.2) is 23.2 Å². The van der Waals surface area contributed by atoms with E-state index in [2.05, 4.69) is 5.32 Å². The summed E-state index contributed by atoms with van der Waals surface area (Å²) in [4.78, 5) is 17.1. The normalized spacial score (nSPS) is 27.5. The smallest absolute Gasteiger partial charge is 0.413 e. The minimum atomic E-state index is -0.825. The zero-order chi connectivity index (χ0) is 20.5. The fourth-order valence-corrected chi connectivity index (χ4v) is 5.10. The first kappa shape index (κ1) is 20.9. The fraction of sp³-hybridized carbons (Fsp3) is 0.600. The second-order valence-corrected chi connectivity index (χ2v) is 9.36. The molecule has 6 nitrogen and oxygen atoms in total. The van der Waals surface area contributed by atoms with E-state index in [1.807, 2.05) is 0 Å². The molecule has 0 spiro atoms. The Morgan fingerprint density at radius 1 is 1.39 bits per heavy atom. The standard InChI is InChI=1S/C20H28FN3O3S/c1-19(2,3)27-18(25)23-17-24-20(15-9-13(22)6-8-16(15)21)10-14(26-4)7-5-12(20)11-28-17/h6,8-9,12,14H,5,7,10-11,22H2,1-4H3,(H,23,24,25)/t12-,14-,20-/m0/s1. The number of halogens is 1. The Morgan fingerprint density at radius 3 is 2.82 bits per heavy atom. The number of methoxy groups -OCH3 is 1. The van der Waals surface area contributed by atoms with E-state index in [0.717, 1.165) is 18.6 Å². The number of ether oxygens (including phenoxy) is 2. The largest absolute Gasteiger partial charge is 0.444 e. The van der Waals surface area contributed by atoms with Gasteiger partial charge in [-0.25, -0.2) is 9.18 Å². The number of thioether (sulfide) groups is 1. The van der Waals surface area contributed by atoms with Gasteiger partial charge in [-0.3, -0.25) is 10.3 Å². The van der Waals surface area contributed by atoms with Crippen molar-refractivity contribution in [3.63, 3.8) is 0 Å². The summed E-state index contributed by atoms with van der Waals surface area (Å²) in [6.45, 7) is 5.39. The van der Waals surface area contributed by atoms with Crippen molar-refractivity contribution in [2.45, 2.75) is 57.3 Å². The van der Waals surface area contributed by atoms with E-state index < -0.39 is 17.2 Å². The van der Waals surface area contributed by atoms with Crippen molar-refractivity contribution >= 4 is 28.7 Å². The summed E-state index contributed by atoms with van der Waals surface area (Å²) in [6.07, 6.45) is 1.70. The highest BCUT2D eigenvalue weighted by atomic mass is 32.2. The fourth-order valence-electron chi connectivity index (χ4n) is 3.91. The highest BCUT2D eigenvalue weighted by molar-refractivity contribution is 8.13. The zero-order valence-electron chi connectivity index (χ0n) is 16.8. The molecule has 3 N–H and O–H groups in total. The predicted molar refractivity (Wildman–Crippen MR) is 110 cm³/mol. The molecule has 1 heterocycles. The Bertz CT molecular complexity index is 780. The number of nitrogens with one attached hydrogen (secondary N) is 1. The van der Waals surface area contributed by atoms with Gasteiger partial charge in [0.2, 0.25) is 0 Å². The number of anilines is 1. The molecule has 3 rings (SSSR count). The van der Waals surface area contributed by atoms with Gasteiger partial charge in [0.15, 0.2) is 5.17 Å². The number of fused-ring (bicyclic) bond motifs is 1. The SMILES string of the molecule is CO[C@H]1CC[C@H]2CSC(NC(=O)OC(C)(C)C)=N[C@@]2(c2cc(N)ccc2F)C1. The minimum Gasteiger partial charge on any atom is -0.444 e. The number of rotatable bonds is 2. The Hall–Kier alpha value is -1.80. The Balaban J connectivity index is 2.00. The molecule has 0 radical (unpaired) electrons. The molecule has 1 fully saturated rings. The summed E-state index contributed by atoms with van der Waals surface area (Å²) in [6, 6.07) is 4.58. The number of nitrogens with two attached hydrogens (primary N) is 1. The van der Waals surface area contributed by atoms with Crippen molar-refractivity contribution in [1.29, 1.82) is 0 Å². The van der Waals surface area contributed by atoms with Crippen LogP contribution in [0.5, 0.6) is 0 Å². The van der Waals surface area contributed by atoms with Crippen LogP contribution in [0.1, 0.15) is 45.6 Å². The second kappa shape index (κ2) is 7.91. The first-order valence-electron chi connectivity index (χ1n) is 9.44. The Morgan fingerprint density at radius 2 is 2.14 bits per heavy atom. The maximum absolute atomic E-state index is 14.9. The summed E-state index contributed by atoms with van der Waals surface area (Å²) < 4.78 is 25.8. The third kappa shape index (κ3) is 4.43. The number of carbonyl (C=O) groups excluding carboxylic acids is 1. The van der Waals surface area contributed by atoms with Crippen LogP contribution in [-0.2, 0) is 15.0 Å². The lowest BCUT2D eigenvalue weighted by molar-refractivity contribution is 0.0191. The molecule has 0 unspecified atom stereocenters. The predicted octanol–water partition coefficient (Wildman–Crippen LogP) is 4.05. The summed E-state index contributed by atoms with van der Waals surface area (Å²) >= 11 is 1.46. The van der Waals surface area contributed by atoms with E-state index in [9.17, 15) is 9.18 Å². The molecule has 28 heavy (non-hydrogen) atoms. The lowest BCUT2D eigenvalue weighted by atomic mass is 9.68. The van der Waals surface area contributed by atoms with E-state index in [0.29, 0.717) is 22.8 Å². The van der Waals surface area contributed by atoms with E-state index >= 15 is 0 Å². The molecule has 154 valence electrons.